The smallest absolute Gasteiger partial charge is 0.00153 e. The van der Waals surface area contributed by atoms with Crippen molar-refractivity contribution >= 4 is 0 Å². The molecule has 0 amide bonds. The number of nitrogens with one attached hydrogen (secondary N) is 1. The first-order valence-electron chi connectivity index (χ1n) is 7.01. The number of hydrogen-bond acceptors (Lipinski definition) is 1. The quantitative estimate of drug-likeness (QED) is 0.733. The van der Waals surface area contributed by atoms with Crippen molar-refractivity contribution in [1.82, 2.24) is 5.32 Å². The Morgan fingerprint density at radius 2 is 2.07 bits per heavy atom. The second kappa shape index (κ2) is 4.86. The van der Waals surface area contributed by atoms with Gasteiger partial charge >= 0.3 is 0 Å². The zero-order valence-electron chi connectivity index (χ0n) is 10.5. The van der Waals surface area contributed by atoms with E-state index in [1.807, 2.05) is 0 Å². The highest BCUT2D eigenvalue weighted by molar-refractivity contribution is 4.94. The van der Waals surface area contributed by atoms with E-state index in [2.05, 4.69) is 19.2 Å². The van der Waals surface area contributed by atoms with Crippen LogP contribution in [-0.4, -0.2) is 13.1 Å². The largest absolute Gasteiger partial charge is 0.316 e. The number of hydrogen-bond donors (Lipinski definition) is 1. The summed E-state index contributed by atoms with van der Waals surface area (Å²) in [5.41, 5.74) is 0.735. The van der Waals surface area contributed by atoms with Crippen LogP contribution in [0.5, 0.6) is 0 Å². The highest BCUT2D eigenvalue weighted by Crippen LogP contribution is 2.50. The van der Waals surface area contributed by atoms with Crippen molar-refractivity contribution in [1.29, 1.82) is 0 Å². The third-order valence-corrected chi connectivity index (χ3v) is 5.11. The molecule has 2 aliphatic rings. The predicted molar refractivity (Wildman–Crippen MR) is 65.9 cm³/mol. The van der Waals surface area contributed by atoms with Gasteiger partial charge in [0.1, 0.15) is 0 Å². The normalized spacial score (nSPS) is 42.0. The highest BCUT2D eigenvalue weighted by atomic mass is 14.9. The van der Waals surface area contributed by atoms with E-state index in [4.69, 9.17) is 0 Å². The second-order valence-corrected chi connectivity index (χ2v) is 5.79. The Hall–Kier alpha value is -0.0400. The van der Waals surface area contributed by atoms with E-state index in [1.54, 1.807) is 0 Å². The maximum Gasteiger partial charge on any atom is -0.00153 e. The molecule has 1 heterocycles. The van der Waals surface area contributed by atoms with Crippen LogP contribution < -0.4 is 5.32 Å². The van der Waals surface area contributed by atoms with Crippen molar-refractivity contribution in [3.8, 4) is 0 Å². The van der Waals surface area contributed by atoms with E-state index in [1.165, 1.54) is 58.0 Å². The predicted octanol–water partition coefficient (Wildman–Crippen LogP) is 3.59. The third kappa shape index (κ3) is 2.22. The molecule has 1 saturated heterocycles. The SMILES string of the molecule is CCC1CCCC2(CCNCC2CC)C1. The van der Waals surface area contributed by atoms with E-state index in [0.29, 0.717) is 0 Å². The van der Waals surface area contributed by atoms with Crippen molar-refractivity contribution in [3.05, 3.63) is 0 Å². The Morgan fingerprint density at radius 1 is 1.20 bits per heavy atom. The lowest BCUT2D eigenvalue weighted by Crippen LogP contribution is -2.47. The molecule has 1 heteroatoms. The lowest BCUT2D eigenvalue weighted by Gasteiger charge is -2.49. The molecule has 0 aromatic heterocycles. The molecule has 88 valence electrons. The minimum Gasteiger partial charge on any atom is -0.316 e. The molecule has 1 spiro atoms. The van der Waals surface area contributed by atoms with Crippen LogP contribution in [0.3, 0.4) is 0 Å². The van der Waals surface area contributed by atoms with Gasteiger partial charge in [-0.3, -0.25) is 0 Å². The zero-order valence-corrected chi connectivity index (χ0v) is 10.5. The van der Waals surface area contributed by atoms with Crippen LogP contribution >= 0.6 is 0 Å². The lowest BCUT2D eigenvalue weighted by atomic mass is 9.59. The van der Waals surface area contributed by atoms with Crippen LogP contribution in [0.1, 0.15) is 58.8 Å². The summed E-state index contributed by atoms with van der Waals surface area (Å²) in [5.74, 6) is 1.99. The van der Waals surface area contributed by atoms with Gasteiger partial charge in [0.05, 0.1) is 0 Å². The Labute approximate surface area is 95.0 Å². The van der Waals surface area contributed by atoms with Crippen LogP contribution in [0.4, 0.5) is 0 Å². The molecule has 0 bridgehead atoms. The minimum atomic E-state index is 0.735. The van der Waals surface area contributed by atoms with Crippen LogP contribution in [0.25, 0.3) is 0 Å². The van der Waals surface area contributed by atoms with E-state index in [-0.39, 0.29) is 0 Å². The summed E-state index contributed by atoms with van der Waals surface area (Å²) in [6.45, 7) is 7.32. The van der Waals surface area contributed by atoms with E-state index >= 15 is 0 Å². The first kappa shape index (κ1) is 11.4. The minimum absolute atomic E-state index is 0.735. The fourth-order valence-electron chi connectivity index (χ4n) is 4.08. The third-order valence-electron chi connectivity index (χ3n) is 5.11. The summed E-state index contributed by atoms with van der Waals surface area (Å²) in [6.07, 6.45) is 10.3. The van der Waals surface area contributed by atoms with Crippen molar-refractivity contribution < 1.29 is 0 Å². The standard InChI is InChI=1S/C14H27N/c1-3-12-6-5-7-14(10-12)8-9-15-11-13(14)4-2/h12-13,15H,3-11H2,1-2H3. The van der Waals surface area contributed by atoms with E-state index in [9.17, 15) is 0 Å². The maximum atomic E-state index is 3.59. The van der Waals surface area contributed by atoms with Crippen molar-refractivity contribution in [2.24, 2.45) is 17.3 Å². The van der Waals surface area contributed by atoms with Crippen LogP contribution in [-0.2, 0) is 0 Å². The first-order chi connectivity index (χ1) is 7.30. The number of piperidine rings is 1. The molecule has 3 unspecified atom stereocenters. The molecule has 3 atom stereocenters. The molecular weight excluding hydrogens is 182 g/mol. The molecule has 1 N–H and O–H groups in total. The molecule has 1 saturated carbocycles. The van der Waals surface area contributed by atoms with Gasteiger partial charge in [0.15, 0.2) is 0 Å². The molecule has 15 heavy (non-hydrogen) atoms. The van der Waals surface area contributed by atoms with Crippen LogP contribution in [0, 0.1) is 17.3 Å². The molecule has 1 aliphatic heterocycles. The van der Waals surface area contributed by atoms with Crippen LogP contribution in [0.2, 0.25) is 0 Å². The average molecular weight is 209 g/mol. The Morgan fingerprint density at radius 3 is 2.80 bits per heavy atom. The summed E-state index contributed by atoms with van der Waals surface area (Å²) in [7, 11) is 0. The van der Waals surface area contributed by atoms with Gasteiger partial charge in [-0.15, -0.1) is 0 Å². The van der Waals surface area contributed by atoms with Crippen molar-refractivity contribution in [2.75, 3.05) is 13.1 Å². The molecular formula is C14H27N. The monoisotopic (exact) mass is 209 g/mol. The maximum absolute atomic E-state index is 3.59. The number of rotatable bonds is 2. The molecule has 2 fully saturated rings. The van der Waals surface area contributed by atoms with Gasteiger partial charge in [0, 0.05) is 0 Å². The van der Waals surface area contributed by atoms with Crippen molar-refractivity contribution in [2.45, 2.75) is 58.8 Å². The van der Waals surface area contributed by atoms with Gasteiger partial charge in [0.25, 0.3) is 0 Å². The Kier molecular flexibility index (Phi) is 3.71. The van der Waals surface area contributed by atoms with Crippen molar-refractivity contribution in [3.63, 3.8) is 0 Å². The Bertz CT molecular complexity index is 198. The molecule has 1 aliphatic carbocycles. The zero-order chi connectivity index (χ0) is 10.7. The summed E-state index contributed by atoms with van der Waals surface area (Å²) >= 11 is 0. The van der Waals surface area contributed by atoms with E-state index < -0.39 is 0 Å². The van der Waals surface area contributed by atoms with Gasteiger partial charge in [-0.05, 0) is 49.6 Å². The topological polar surface area (TPSA) is 12.0 Å². The Balaban J connectivity index is 2.07. The van der Waals surface area contributed by atoms with E-state index in [0.717, 1.165) is 17.3 Å². The molecule has 0 aromatic rings. The highest BCUT2D eigenvalue weighted by Gasteiger charge is 2.42. The fourth-order valence-corrected chi connectivity index (χ4v) is 4.08. The van der Waals surface area contributed by atoms with Crippen LogP contribution in [0.15, 0.2) is 0 Å². The molecule has 2 rings (SSSR count). The summed E-state index contributed by atoms with van der Waals surface area (Å²) in [4.78, 5) is 0. The lowest BCUT2D eigenvalue weighted by molar-refractivity contribution is 0.0296. The van der Waals surface area contributed by atoms with Gasteiger partial charge in [-0.25, -0.2) is 0 Å². The summed E-state index contributed by atoms with van der Waals surface area (Å²) < 4.78 is 0. The first-order valence-corrected chi connectivity index (χ1v) is 7.01. The van der Waals surface area contributed by atoms with Gasteiger partial charge < -0.3 is 5.32 Å². The molecule has 0 radical (unpaired) electrons. The fraction of sp³-hybridized carbons (Fsp3) is 1.00. The van der Waals surface area contributed by atoms with Gasteiger partial charge in [0.2, 0.25) is 0 Å². The van der Waals surface area contributed by atoms with Gasteiger partial charge in [-0.2, -0.15) is 0 Å². The average Bonchev–Trinajstić information content (AvgIpc) is 2.30. The summed E-state index contributed by atoms with van der Waals surface area (Å²) in [5, 5.41) is 3.59. The van der Waals surface area contributed by atoms with Gasteiger partial charge in [-0.1, -0.05) is 39.5 Å². The molecule has 1 nitrogen and oxygen atoms in total. The summed E-state index contributed by atoms with van der Waals surface area (Å²) in [6, 6.07) is 0. The second-order valence-electron chi connectivity index (χ2n) is 5.79. The molecule has 0 aromatic carbocycles.